The van der Waals surface area contributed by atoms with Gasteiger partial charge < -0.3 is 9.73 Å². The molecule has 1 aromatic carbocycles. The van der Waals surface area contributed by atoms with E-state index in [-0.39, 0.29) is 17.1 Å². The number of nitrogens with one attached hydrogen (secondary N) is 1. The highest BCUT2D eigenvalue weighted by molar-refractivity contribution is 7.16. The lowest BCUT2D eigenvalue weighted by Crippen LogP contribution is -2.10. The molecular formula is C21H14ClF3N2O2S. The van der Waals surface area contributed by atoms with E-state index in [0.29, 0.717) is 10.6 Å². The Balaban J connectivity index is 1.59. The van der Waals surface area contributed by atoms with E-state index in [1.807, 2.05) is 0 Å². The van der Waals surface area contributed by atoms with Crippen LogP contribution in [0.5, 0.6) is 0 Å². The fourth-order valence-electron chi connectivity index (χ4n) is 3.45. The Hall–Kier alpha value is -2.76. The van der Waals surface area contributed by atoms with Crippen molar-refractivity contribution >= 4 is 33.8 Å². The third-order valence-corrected chi connectivity index (χ3v) is 6.43. The fourth-order valence-corrected chi connectivity index (χ4v) is 4.91. The minimum atomic E-state index is -4.61. The highest BCUT2D eigenvalue weighted by Crippen LogP contribution is 2.39. The van der Waals surface area contributed by atoms with Gasteiger partial charge in [0.05, 0.1) is 16.1 Å². The maximum Gasteiger partial charge on any atom is 0.417 e. The summed E-state index contributed by atoms with van der Waals surface area (Å²) >= 11 is 7.03. The Morgan fingerprint density at radius 1 is 1.20 bits per heavy atom. The number of benzene rings is 1. The van der Waals surface area contributed by atoms with E-state index in [1.54, 1.807) is 0 Å². The van der Waals surface area contributed by atoms with Crippen LogP contribution in [0.4, 0.5) is 18.2 Å². The van der Waals surface area contributed by atoms with Gasteiger partial charge in [-0.25, -0.2) is 0 Å². The summed E-state index contributed by atoms with van der Waals surface area (Å²) in [6, 6.07) is 8.37. The molecule has 1 amide bonds. The van der Waals surface area contributed by atoms with Crippen LogP contribution in [-0.2, 0) is 19.0 Å². The topological polar surface area (TPSA) is 66.0 Å². The molecule has 0 saturated heterocycles. The number of nitriles is 1. The number of hydrogen-bond acceptors (Lipinski definition) is 4. The second kappa shape index (κ2) is 7.82. The molecule has 0 spiro atoms. The first kappa shape index (κ1) is 20.5. The van der Waals surface area contributed by atoms with Gasteiger partial charge in [0, 0.05) is 10.4 Å². The summed E-state index contributed by atoms with van der Waals surface area (Å²) in [6.07, 6.45) is -0.851. The maximum absolute atomic E-state index is 13.1. The van der Waals surface area contributed by atoms with Crippen molar-refractivity contribution in [2.75, 3.05) is 5.32 Å². The molecule has 154 valence electrons. The molecule has 2 heterocycles. The molecule has 4 nitrogen and oxygen atoms in total. The summed E-state index contributed by atoms with van der Waals surface area (Å²) in [5.41, 5.74) is 0.634. The third kappa shape index (κ3) is 3.83. The van der Waals surface area contributed by atoms with Crippen LogP contribution in [0.15, 0.2) is 34.7 Å². The predicted molar refractivity (Wildman–Crippen MR) is 108 cm³/mol. The predicted octanol–water partition coefficient (Wildman–Crippen LogP) is 6.68. The second-order valence-corrected chi connectivity index (χ2v) is 8.35. The molecule has 3 aromatic rings. The number of alkyl halides is 3. The smallest absolute Gasteiger partial charge is 0.417 e. The molecule has 4 rings (SSSR count). The number of hydrogen-bond donors (Lipinski definition) is 1. The fraction of sp³-hybridized carbons (Fsp3) is 0.238. The number of anilines is 1. The molecule has 0 fully saturated rings. The van der Waals surface area contributed by atoms with Crippen LogP contribution in [-0.4, -0.2) is 5.91 Å². The Morgan fingerprint density at radius 2 is 1.97 bits per heavy atom. The zero-order chi connectivity index (χ0) is 21.5. The Kier molecular flexibility index (Phi) is 5.35. The van der Waals surface area contributed by atoms with Crippen LogP contribution >= 0.6 is 22.9 Å². The van der Waals surface area contributed by atoms with E-state index in [9.17, 15) is 23.2 Å². The Morgan fingerprint density at radius 3 is 2.70 bits per heavy atom. The summed E-state index contributed by atoms with van der Waals surface area (Å²) < 4.78 is 44.7. The Bertz CT molecular complexity index is 1170. The lowest BCUT2D eigenvalue weighted by atomic mass is 9.96. The van der Waals surface area contributed by atoms with E-state index < -0.39 is 22.7 Å². The number of carbonyl (C=O) groups excluding carboxylic acids is 1. The molecule has 0 atom stereocenters. The van der Waals surface area contributed by atoms with Crippen LogP contribution < -0.4 is 5.32 Å². The lowest BCUT2D eigenvalue weighted by Gasteiger charge is -2.10. The van der Waals surface area contributed by atoms with Gasteiger partial charge in [-0.2, -0.15) is 18.4 Å². The summed E-state index contributed by atoms with van der Waals surface area (Å²) in [4.78, 5) is 13.7. The molecule has 0 bridgehead atoms. The van der Waals surface area contributed by atoms with Crippen LogP contribution in [0.1, 0.15) is 45.0 Å². The number of fused-ring (bicyclic) bond motifs is 1. The highest BCUT2D eigenvalue weighted by Gasteiger charge is 2.33. The first-order valence-corrected chi connectivity index (χ1v) is 10.3. The first-order chi connectivity index (χ1) is 14.3. The normalized spacial score (nSPS) is 13.6. The molecule has 0 radical (unpaired) electrons. The van der Waals surface area contributed by atoms with Gasteiger partial charge in [0.25, 0.3) is 5.91 Å². The van der Waals surface area contributed by atoms with E-state index in [2.05, 4.69) is 11.4 Å². The number of halogens is 4. The van der Waals surface area contributed by atoms with Crippen molar-refractivity contribution in [3.63, 3.8) is 0 Å². The number of amides is 1. The van der Waals surface area contributed by atoms with Gasteiger partial charge >= 0.3 is 6.18 Å². The lowest BCUT2D eigenvalue weighted by molar-refractivity contribution is -0.137. The van der Waals surface area contributed by atoms with Gasteiger partial charge in [-0.3, -0.25) is 4.79 Å². The monoisotopic (exact) mass is 450 g/mol. The van der Waals surface area contributed by atoms with Crippen molar-refractivity contribution < 1.29 is 22.4 Å². The average molecular weight is 451 g/mol. The molecule has 2 aromatic heterocycles. The maximum atomic E-state index is 13.1. The van der Waals surface area contributed by atoms with E-state index >= 15 is 0 Å². The molecular weight excluding hydrogens is 437 g/mol. The number of rotatable bonds is 3. The first-order valence-electron chi connectivity index (χ1n) is 9.11. The summed E-state index contributed by atoms with van der Waals surface area (Å²) in [5, 5.41) is 12.3. The highest BCUT2D eigenvalue weighted by atomic mass is 35.5. The van der Waals surface area contributed by atoms with Crippen LogP contribution in [0.25, 0.3) is 11.3 Å². The van der Waals surface area contributed by atoms with Gasteiger partial charge in [-0.15, -0.1) is 11.3 Å². The van der Waals surface area contributed by atoms with Gasteiger partial charge in [0.1, 0.15) is 16.8 Å². The van der Waals surface area contributed by atoms with Gasteiger partial charge in [0.2, 0.25) is 0 Å². The summed E-state index contributed by atoms with van der Waals surface area (Å²) in [7, 11) is 0. The number of aryl methyl sites for hydroxylation is 1. The van der Waals surface area contributed by atoms with E-state index in [0.717, 1.165) is 48.3 Å². The van der Waals surface area contributed by atoms with E-state index in [4.69, 9.17) is 16.0 Å². The minimum absolute atomic E-state index is 0.0660. The van der Waals surface area contributed by atoms with Gasteiger partial charge in [-0.1, -0.05) is 11.6 Å². The van der Waals surface area contributed by atoms with Gasteiger partial charge in [-0.05, 0) is 61.6 Å². The largest absolute Gasteiger partial charge is 0.451 e. The SMILES string of the molecule is N#Cc1c(NC(=O)c2ccc(-c3ccc(Cl)c(C(F)(F)F)c3)o2)sc2c1CCCC2. The number of furan rings is 1. The summed E-state index contributed by atoms with van der Waals surface area (Å²) in [5.74, 6) is -0.529. The quantitative estimate of drug-likeness (QED) is 0.483. The molecule has 30 heavy (non-hydrogen) atoms. The standard InChI is InChI=1S/C21H14ClF3N2O2S/c22-15-6-5-11(9-14(15)21(23,24)25)16-7-8-17(29-16)19(28)27-20-13(10-26)12-3-1-2-4-18(12)30-20/h5-9H,1-4H2,(H,27,28). The van der Waals surface area contributed by atoms with Crippen LogP contribution in [0, 0.1) is 11.3 Å². The van der Waals surface area contributed by atoms with Crippen molar-refractivity contribution in [3.05, 3.63) is 62.7 Å². The van der Waals surface area contributed by atoms with Crippen LogP contribution in [0.2, 0.25) is 5.02 Å². The van der Waals surface area contributed by atoms with Crippen molar-refractivity contribution in [3.8, 4) is 17.4 Å². The zero-order valence-electron chi connectivity index (χ0n) is 15.4. The third-order valence-electron chi connectivity index (χ3n) is 4.90. The number of carbonyl (C=O) groups is 1. The van der Waals surface area contributed by atoms with Crippen molar-refractivity contribution in [2.45, 2.75) is 31.9 Å². The van der Waals surface area contributed by atoms with Crippen molar-refractivity contribution in [2.24, 2.45) is 0 Å². The number of thiophene rings is 1. The average Bonchev–Trinajstić information content (AvgIpc) is 3.32. The minimum Gasteiger partial charge on any atom is -0.451 e. The molecule has 1 N–H and O–H groups in total. The van der Waals surface area contributed by atoms with E-state index in [1.165, 1.54) is 29.5 Å². The van der Waals surface area contributed by atoms with Gasteiger partial charge in [0.15, 0.2) is 5.76 Å². The second-order valence-electron chi connectivity index (χ2n) is 6.84. The molecule has 0 aliphatic heterocycles. The summed E-state index contributed by atoms with van der Waals surface area (Å²) in [6.45, 7) is 0. The van der Waals surface area contributed by atoms with Crippen LogP contribution in [0.3, 0.4) is 0 Å². The molecule has 9 heteroatoms. The molecule has 0 unspecified atom stereocenters. The molecule has 0 saturated carbocycles. The molecule has 1 aliphatic rings. The zero-order valence-corrected chi connectivity index (χ0v) is 17.0. The Labute approximate surface area is 178 Å². The molecule has 1 aliphatic carbocycles. The van der Waals surface area contributed by atoms with Crippen molar-refractivity contribution in [1.29, 1.82) is 5.26 Å². The number of nitrogens with zero attached hydrogens (tertiary/aromatic N) is 1. The van der Waals surface area contributed by atoms with Crippen molar-refractivity contribution in [1.82, 2.24) is 0 Å².